The van der Waals surface area contributed by atoms with Crippen molar-refractivity contribution in [1.29, 1.82) is 0 Å². The van der Waals surface area contributed by atoms with Crippen LogP contribution in [0.1, 0.15) is 35.1 Å². The minimum Gasteiger partial charge on any atom is -0.495 e. The average Bonchev–Trinajstić information content (AvgIpc) is 3.22. The second-order valence-corrected chi connectivity index (χ2v) is 7.56. The van der Waals surface area contributed by atoms with Crippen LogP contribution in [0.25, 0.3) is 10.9 Å². The Hall–Kier alpha value is -3.68. The number of nitrogens with zero attached hydrogens (tertiary/aromatic N) is 2. The number of amides is 1. The molecule has 0 aliphatic carbocycles. The van der Waals surface area contributed by atoms with E-state index in [2.05, 4.69) is 10.3 Å². The quantitative estimate of drug-likeness (QED) is 0.636. The van der Waals surface area contributed by atoms with E-state index in [4.69, 9.17) is 9.47 Å². The van der Waals surface area contributed by atoms with Gasteiger partial charge in [0.25, 0.3) is 11.5 Å². The lowest BCUT2D eigenvalue weighted by atomic mass is 10.1. The summed E-state index contributed by atoms with van der Waals surface area (Å²) < 4.78 is 12.3. The van der Waals surface area contributed by atoms with Crippen LogP contribution in [0.2, 0.25) is 0 Å². The molecule has 0 saturated carbocycles. The number of anilines is 1. The number of rotatable bonds is 5. The van der Waals surface area contributed by atoms with Crippen LogP contribution in [-0.2, 0) is 22.5 Å². The molecule has 2 aromatic carbocycles. The van der Waals surface area contributed by atoms with Crippen LogP contribution in [0.4, 0.5) is 5.69 Å². The summed E-state index contributed by atoms with van der Waals surface area (Å²) in [4.78, 5) is 42.2. The van der Waals surface area contributed by atoms with Gasteiger partial charge in [0, 0.05) is 13.0 Å². The van der Waals surface area contributed by atoms with Crippen molar-refractivity contribution in [3.05, 3.63) is 63.7 Å². The van der Waals surface area contributed by atoms with Crippen molar-refractivity contribution in [2.75, 3.05) is 12.4 Å². The van der Waals surface area contributed by atoms with Gasteiger partial charge in [0.15, 0.2) is 6.10 Å². The van der Waals surface area contributed by atoms with Crippen molar-refractivity contribution in [1.82, 2.24) is 9.55 Å². The molecule has 0 bridgehead atoms. The summed E-state index contributed by atoms with van der Waals surface area (Å²) in [5, 5.41) is 3.18. The van der Waals surface area contributed by atoms with Crippen molar-refractivity contribution in [3.63, 3.8) is 0 Å². The SMILES string of the molecule is COc1ccc(C)cc1NC(=O)[C@H](C)OC(=O)c1ccc2c(=O)n3c(nc2c1)CCC3. The summed E-state index contributed by atoms with van der Waals surface area (Å²) in [6, 6.07) is 10.0. The number of aromatic nitrogens is 2. The molecule has 1 aliphatic rings. The molecule has 0 unspecified atom stereocenters. The number of aryl methyl sites for hydroxylation is 2. The third-order valence-corrected chi connectivity index (χ3v) is 5.32. The Labute approximate surface area is 178 Å². The van der Waals surface area contributed by atoms with Gasteiger partial charge in [-0.25, -0.2) is 9.78 Å². The number of hydrogen-bond acceptors (Lipinski definition) is 6. The lowest BCUT2D eigenvalue weighted by molar-refractivity contribution is -0.123. The molecule has 0 saturated heterocycles. The molecule has 0 spiro atoms. The van der Waals surface area contributed by atoms with Crippen LogP contribution in [0.5, 0.6) is 5.75 Å². The van der Waals surface area contributed by atoms with Gasteiger partial charge in [-0.15, -0.1) is 0 Å². The number of methoxy groups -OCH3 is 1. The molecular formula is C23H23N3O5. The molecule has 0 fully saturated rings. The number of carbonyl (C=O) groups is 2. The Morgan fingerprint density at radius 2 is 2.00 bits per heavy atom. The maximum atomic E-state index is 12.6. The molecule has 1 aliphatic heterocycles. The molecule has 0 radical (unpaired) electrons. The van der Waals surface area contributed by atoms with Gasteiger partial charge in [0.1, 0.15) is 11.6 Å². The molecule has 8 heteroatoms. The minimum absolute atomic E-state index is 0.0998. The summed E-state index contributed by atoms with van der Waals surface area (Å²) in [6.07, 6.45) is 0.581. The molecule has 1 aromatic heterocycles. The number of nitrogens with one attached hydrogen (secondary N) is 1. The van der Waals surface area contributed by atoms with E-state index in [1.807, 2.05) is 13.0 Å². The second kappa shape index (κ2) is 8.22. The topological polar surface area (TPSA) is 99.5 Å². The summed E-state index contributed by atoms with van der Waals surface area (Å²) in [6.45, 7) is 4.06. The van der Waals surface area contributed by atoms with Gasteiger partial charge in [-0.2, -0.15) is 0 Å². The highest BCUT2D eigenvalue weighted by Gasteiger charge is 2.22. The van der Waals surface area contributed by atoms with Gasteiger partial charge in [-0.1, -0.05) is 6.07 Å². The lowest BCUT2D eigenvalue weighted by Gasteiger charge is -2.16. The largest absolute Gasteiger partial charge is 0.495 e. The van der Waals surface area contributed by atoms with Crippen molar-refractivity contribution in [2.24, 2.45) is 0 Å². The number of benzene rings is 2. The molecule has 1 atom stereocenters. The van der Waals surface area contributed by atoms with E-state index in [0.717, 1.165) is 24.2 Å². The highest BCUT2D eigenvalue weighted by atomic mass is 16.5. The fourth-order valence-corrected chi connectivity index (χ4v) is 3.65. The fraction of sp³-hybridized carbons (Fsp3) is 0.304. The standard InChI is InChI=1S/C23H23N3O5/c1-13-6-9-19(30-3)18(11-13)25-21(27)14(2)31-23(29)15-7-8-16-17(12-15)24-20-5-4-10-26(20)22(16)28/h6-9,11-12,14H,4-5,10H2,1-3H3,(H,25,27)/t14-/m0/s1. The van der Waals surface area contributed by atoms with Gasteiger partial charge in [-0.3, -0.25) is 14.2 Å². The Morgan fingerprint density at radius 3 is 2.77 bits per heavy atom. The zero-order valence-corrected chi connectivity index (χ0v) is 17.6. The Morgan fingerprint density at radius 1 is 1.19 bits per heavy atom. The van der Waals surface area contributed by atoms with Crippen LogP contribution in [0, 0.1) is 6.92 Å². The summed E-state index contributed by atoms with van der Waals surface area (Å²) in [5.74, 6) is 0.0927. The molecule has 3 aromatic rings. The molecule has 31 heavy (non-hydrogen) atoms. The number of fused-ring (bicyclic) bond motifs is 2. The molecule has 8 nitrogen and oxygen atoms in total. The Kier molecular flexibility index (Phi) is 5.46. The van der Waals surface area contributed by atoms with E-state index >= 15 is 0 Å². The fourth-order valence-electron chi connectivity index (χ4n) is 3.65. The molecular weight excluding hydrogens is 398 g/mol. The van der Waals surface area contributed by atoms with E-state index in [-0.39, 0.29) is 11.1 Å². The van der Waals surface area contributed by atoms with Crippen molar-refractivity contribution >= 4 is 28.5 Å². The van der Waals surface area contributed by atoms with E-state index in [1.165, 1.54) is 26.2 Å². The summed E-state index contributed by atoms with van der Waals surface area (Å²) in [7, 11) is 1.51. The first-order chi connectivity index (χ1) is 14.9. The molecule has 1 amide bonds. The predicted octanol–water partition coefficient (Wildman–Crippen LogP) is 2.84. The molecule has 1 N–H and O–H groups in total. The van der Waals surface area contributed by atoms with Gasteiger partial charge in [0.2, 0.25) is 0 Å². The van der Waals surface area contributed by atoms with Crippen LogP contribution < -0.4 is 15.6 Å². The van der Waals surface area contributed by atoms with Crippen molar-refractivity contribution in [3.8, 4) is 5.75 Å². The third-order valence-electron chi connectivity index (χ3n) is 5.32. The van der Waals surface area contributed by atoms with Gasteiger partial charge >= 0.3 is 5.97 Å². The monoisotopic (exact) mass is 421 g/mol. The van der Waals surface area contributed by atoms with Gasteiger partial charge in [0.05, 0.1) is 29.3 Å². The summed E-state index contributed by atoms with van der Waals surface area (Å²) in [5.41, 5.74) is 2.04. The van der Waals surface area contributed by atoms with E-state index < -0.39 is 18.0 Å². The summed E-state index contributed by atoms with van der Waals surface area (Å²) >= 11 is 0. The van der Waals surface area contributed by atoms with Crippen LogP contribution in [0.15, 0.2) is 41.2 Å². The van der Waals surface area contributed by atoms with Crippen LogP contribution in [0.3, 0.4) is 0 Å². The minimum atomic E-state index is -1.04. The van der Waals surface area contributed by atoms with E-state index in [9.17, 15) is 14.4 Å². The number of esters is 1. The lowest BCUT2D eigenvalue weighted by Crippen LogP contribution is -2.30. The zero-order valence-electron chi connectivity index (χ0n) is 17.6. The number of hydrogen-bond donors (Lipinski definition) is 1. The Balaban J connectivity index is 1.50. The highest BCUT2D eigenvalue weighted by Crippen LogP contribution is 2.25. The average molecular weight is 421 g/mol. The molecule has 2 heterocycles. The second-order valence-electron chi connectivity index (χ2n) is 7.56. The van der Waals surface area contributed by atoms with Crippen LogP contribution in [-0.4, -0.2) is 34.6 Å². The van der Waals surface area contributed by atoms with Crippen molar-refractivity contribution < 1.29 is 19.1 Å². The Bertz CT molecular complexity index is 1250. The zero-order chi connectivity index (χ0) is 22.1. The van der Waals surface area contributed by atoms with E-state index in [0.29, 0.717) is 28.9 Å². The van der Waals surface area contributed by atoms with Crippen molar-refractivity contribution in [2.45, 2.75) is 39.3 Å². The number of carbonyl (C=O) groups excluding carboxylic acids is 2. The van der Waals surface area contributed by atoms with Crippen LogP contribution >= 0.6 is 0 Å². The first kappa shape index (κ1) is 20.6. The van der Waals surface area contributed by atoms with Gasteiger partial charge < -0.3 is 14.8 Å². The predicted molar refractivity (Wildman–Crippen MR) is 116 cm³/mol. The highest BCUT2D eigenvalue weighted by molar-refractivity contribution is 5.99. The van der Waals surface area contributed by atoms with Gasteiger partial charge in [-0.05, 0) is 56.2 Å². The maximum Gasteiger partial charge on any atom is 0.338 e. The third kappa shape index (κ3) is 4.01. The first-order valence-corrected chi connectivity index (χ1v) is 10.1. The van der Waals surface area contributed by atoms with E-state index in [1.54, 1.807) is 22.8 Å². The normalized spacial score (nSPS) is 13.5. The molecule has 4 rings (SSSR count). The smallest absolute Gasteiger partial charge is 0.338 e. The first-order valence-electron chi connectivity index (χ1n) is 10.1. The maximum absolute atomic E-state index is 12.6. The molecule has 160 valence electrons. The number of ether oxygens (including phenoxy) is 2.